The van der Waals surface area contributed by atoms with Crippen LogP contribution in [0.4, 0.5) is 0 Å². The second-order valence-corrected chi connectivity index (χ2v) is 9.82. The summed E-state index contributed by atoms with van der Waals surface area (Å²) in [6.07, 6.45) is 4.08. The molecule has 2 heterocycles. The second-order valence-electron chi connectivity index (χ2n) is 9.82. The maximum atomic E-state index is 13.5. The molecule has 0 radical (unpaired) electrons. The molecule has 2 aromatic heterocycles. The van der Waals surface area contributed by atoms with Crippen LogP contribution in [0.2, 0.25) is 0 Å². The van der Waals surface area contributed by atoms with Crippen LogP contribution in [-0.4, -0.2) is 36.5 Å². The first kappa shape index (κ1) is 23.7. The molecule has 0 aliphatic heterocycles. The first-order valence-electron chi connectivity index (χ1n) is 12.3. The summed E-state index contributed by atoms with van der Waals surface area (Å²) in [4.78, 5) is 52.7. The van der Waals surface area contributed by atoms with Gasteiger partial charge in [0.05, 0.1) is 10.9 Å². The third kappa shape index (κ3) is 4.14. The van der Waals surface area contributed by atoms with Crippen molar-refractivity contribution in [2.75, 3.05) is 0 Å². The molecule has 1 fully saturated rings. The van der Waals surface area contributed by atoms with E-state index in [-0.39, 0.29) is 41.7 Å². The molecule has 186 valence electrons. The van der Waals surface area contributed by atoms with Gasteiger partial charge in [0.25, 0.3) is 11.5 Å². The molecule has 1 aliphatic carbocycles. The summed E-state index contributed by atoms with van der Waals surface area (Å²) < 4.78 is 3.85. The number of nitrogens with zero attached hydrogens (tertiary/aromatic N) is 4. The molecule has 1 saturated carbocycles. The number of nitrogens with one attached hydrogen (secondary N) is 1. The molecule has 2 aromatic carbocycles. The Hall–Kier alpha value is -4.01. The van der Waals surface area contributed by atoms with Gasteiger partial charge < -0.3 is 5.32 Å². The molecule has 0 saturated heterocycles. The summed E-state index contributed by atoms with van der Waals surface area (Å²) in [7, 11) is 0. The first-order valence-corrected chi connectivity index (χ1v) is 12.3. The fourth-order valence-electron chi connectivity index (χ4n) is 4.90. The van der Waals surface area contributed by atoms with Crippen molar-refractivity contribution in [1.29, 1.82) is 0 Å². The smallest absolute Gasteiger partial charge is 0.349 e. The van der Waals surface area contributed by atoms with E-state index < -0.39 is 5.69 Å². The maximum Gasteiger partial charge on any atom is 0.352 e. The van der Waals surface area contributed by atoms with E-state index in [9.17, 15) is 19.2 Å². The normalized spacial score (nSPS) is 14.2. The molecular weight excluding hydrogens is 458 g/mol. The van der Waals surface area contributed by atoms with E-state index in [2.05, 4.69) is 10.4 Å². The highest BCUT2D eigenvalue weighted by molar-refractivity contribution is 5.98. The van der Waals surface area contributed by atoms with Crippen molar-refractivity contribution in [3.63, 3.8) is 0 Å². The van der Waals surface area contributed by atoms with Crippen LogP contribution in [0.5, 0.6) is 0 Å². The molecule has 1 N–H and O–H groups in total. The quantitative estimate of drug-likeness (QED) is 0.420. The van der Waals surface area contributed by atoms with Crippen LogP contribution in [0.15, 0.2) is 52.1 Å². The number of aryl methyl sites for hydroxylation is 1. The zero-order valence-corrected chi connectivity index (χ0v) is 20.7. The summed E-state index contributed by atoms with van der Waals surface area (Å²) in [5.41, 5.74) is 1.31. The third-order valence-electron chi connectivity index (χ3n) is 6.86. The Labute approximate surface area is 207 Å². The minimum atomic E-state index is -0.543. The summed E-state index contributed by atoms with van der Waals surface area (Å²) in [6.45, 7) is 5.33. The van der Waals surface area contributed by atoms with Crippen LogP contribution in [0.3, 0.4) is 0 Å². The lowest BCUT2D eigenvalue weighted by molar-refractivity contribution is 0.0936. The molecule has 0 atom stereocenters. The number of ketones is 1. The topological polar surface area (TPSA) is 107 Å². The van der Waals surface area contributed by atoms with Crippen LogP contribution in [0, 0.1) is 6.92 Å². The van der Waals surface area contributed by atoms with Crippen molar-refractivity contribution in [2.24, 2.45) is 0 Å². The summed E-state index contributed by atoms with van der Waals surface area (Å²) >= 11 is 0. The molecule has 1 amide bonds. The minimum absolute atomic E-state index is 0.137. The number of carbonyl (C=O) groups is 2. The van der Waals surface area contributed by atoms with Gasteiger partial charge in [-0.05, 0) is 51.8 Å². The SMILES string of the molecule is Cc1ccc(C(=O)Cn2nc3n(C(C)C)c(=O)c4ccc(C(=O)NC5CCCC5)cc4n3c2=O)cc1. The fraction of sp³-hybridized carbons (Fsp3) is 0.370. The van der Waals surface area contributed by atoms with Gasteiger partial charge >= 0.3 is 5.69 Å². The summed E-state index contributed by atoms with van der Waals surface area (Å²) in [5.74, 6) is -0.363. The largest absolute Gasteiger partial charge is 0.352 e. The van der Waals surface area contributed by atoms with Crippen molar-refractivity contribution >= 4 is 28.4 Å². The highest BCUT2D eigenvalue weighted by Crippen LogP contribution is 2.20. The molecule has 9 nitrogen and oxygen atoms in total. The number of benzene rings is 2. The summed E-state index contributed by atoms with van der Waals surface area (Å²) in [5, 5.41) is 7.74. The van der Waals surface area contributed by atoms with Crippen LogP contribution in [0.25, 0.3) is 16.7 Å². The minimum Gasteiger partial charge on any atom is -0.349 e. The van der Waals surface area contributed by atoms with Crippen molar-refractivity contribution < 1.29 is 9.59 Å². The van der Waals surface area contributed by atoms with Gasteiger partial charge in [0.2, 0.25) is 5.78 Å². The van der Waals surface area contributed by atoms with Gasteiger partial charge in [0.15, 0.2) is 5.78 Å². The van der Waals surface area contributed by atoms with E-state index in [1.165, 1.54) is 8.97 Å². The number of aromatic nitrogens is 4. The zero-order valence-electron chi connectivity index (χ0n) is 20.7. The Bertz CT molecular complexity index is 1600. The lowest BCUT2D eigenvalue weighted by Crippen LogP contribution is -2.33. The van der Waals surface area contributed by atoms with Crippen molar-refractivity contribution in [1.82, 2.24) is 24.1 Å². The number of fused-ring (bicyclic) bond motifs is 3. The van der Waals surface area contributed by atoms with Crippen LogP contribution < -0.4 is 16.6 Å². The van der Waals surface area contributed by atoms with Gasteiger partial charge in [-0.3, -0.25) is 19.0 Å². The van der Waals surface area contributed by atoms with Gasteiger partial charge in [-0.15, -0.1) is 5.10 Å². The Morgan fingerprint density at radius 3 is 2.36 bits per heavy atom. The Balaban J connectivity index is 1.64. The molecule has 4 aromatic rings. The van der Waals surface area contributed by atoms with E-state index in [4.69, 9.17) is 0 Å². The zero-order chi connectivity index (χ0) is 25.6. The third-order valence-corrected chi connectivity index (χ3v) is 6.86. The van der Waals surface area contributed by atoms with Gasteiger partial charge in [0, 0.05) is 23.2 Å². The Morgan fingerprint density at radius 2 is 1.69 bits per heavy atom. The van der Waals surface area contributed by atoms with E-state index in [0.29, 0.717) is 22.0 Å². The van der Waals surface area contributed by atoms with Crippen molar-refractivity contribution in [3.05, 3.63) is 80.0 Å². The van der Waals surface area contributed by atoms with E-state index in [1.807, 2.05) is 32.9 Å². The van der Waals surface area contributed by atoms with E-state index in [0.717, 1.165) is 35.9 Å². The molecule has 0 spiro atoms. The molecule has 1 aliphatic rings. The number of rotatable bonds is 6. The number of carbonyl (C=O) groups excluding carboxylic acids is 2. The lowest BCUT2D eigenvalue weighted by Gasteiger charge is -2.14. The molecule has 0 unspecified atom stereocenters. The molecular formula is C27H29N5O4. The van der Waals surface area contributed by atoms with Crippen LogP contribution >= 0.6 is 0 Å². The lowest BCUT2D eigenvalue weighted by atomic mass is 10.1. The predicted octanol–water partition coefficient (Wildman–Crippen LogP) is 3.26. The molecule has 9 heteroatoms. The molecule has 0 bridgehead atoms. The molecule has 5 rings (SSSR count). The Morgan fingerprint density at radius 1 is 1.03 bits per heavy atom. The first-order chi connectivity index (χ1) is 17.2. The number of hydrogen-bond donors (Lipinski definition) is 1. The van der Waals surface area contributed by atoms with Gasteiger partial charge in [-0.2, -0.15) is 0 Å². The summed E-state index contributed by atoms with van der Waals surface area (Å²) in [6, 6.07) is 11.7. The standard InChI is InChI=1S/C27H29N5O4/c1-16(2)31-25(35)21-13-12-19(24(34)28-20-6-4-5-7-20)14-22(21)32-26(31)29-30(27(32)36)15-23(33)18-10-8-17(3)9-11-18/h8-14,16,20H,4-7,15H2,1-3H3,(H,28,34). The Kier molecular flexibility index (Phi) is 6.07. The monoisotopic (exact) mass is 487 g/mol. The maximum absolute atomic E-state index is 13.5. The average molecular weight is 488 g/mol. The number of amides is 1. The molecule has 36 heavy (non-hydrogen) atoms. The van der Waals surface area contributed by atoms with Gasteiger partial charge in [-0.1, -0.05) is 42.7 Å². The van der Waals surface area contributed by atoms with Crippen molar-refractivity contribution in [3.8, 4) is 0 Å². The van der Waals surface area contributed by atoms with Crippen LogP contribution in [0.1, 0.15) is 71.9 Å². The van der Waals surface area contributed by atoms with Crippen LogP contribution in [-0.2, 0) is 6.54 Å². The van der Waals surface area contributed by atoms with Gasteiger partial charge in [0.1, 0.15) is 6.54 Å². The van der Waals surface area contributed by atoms with E-state index in [1.54, 1.807) is 30.3 Å². The number of hydrogen-bond acceptors (Lipinski definition) is 5. The predicted molar refractivity (Wildman–Crippen MR) is 137 cm³/mol. The highest BCUT2D eigenvalue weighted by atomic mass is 16.2. The fourth-order valence-corrected chi connectivity index (χ4v) is 4.90. The van der Waals surface area contributed by atoms with E-state index >= 15 is 0 Å². The number of Topliss-reactive ketones (excluding diaryl/α,β-unsaturated/α-hetero) is 1. The second kappa shape index (κ2) is 9.22. The highest BCUT2D eigenvalue weighted by Gasteiger charge is 2.23. The average Bonchev–Trinajstić information content (AvgIpc) is 3.47. The van der Waals surface area contributed by atoms with Crippen molar-refractivity contribution in [2.45, 2.75) is 65.1 Å². The van der Waals surface area contributed by atoms with Gasteiger partial charge in [-0.25, -0.2) is 13.9 Å².